The first-order valence-corrected chi connectivity index (χ1v) is 13.1. The zero-order valence-electron chi connectivity index (χ0n) is 20.3. The second-order valence-corrected chi connectivity index (χ2v) is 10.4. The predicted molar refractivity (Wildman–Crippen MR) is 128 cm³/mol. The van der Waals surface area contributed by atoms with Crippen molar-refractivity contribution in [1.29, 1.82) is 0 Å². The summed E-state index contributed by atoms with van der Waals surface area (Å²) in [6.45, 7) is 7.22. The van der Waals surface area contributed by atoms with Gasteiger partial charge in [0.05, 0.1) is 25.4 Å². The summed E-state index contributed by atoms with van der Waals surface area (Å²) in [6, 6.07) is 0. The molecule has 182 valence electrons. The number of fused-ring (bicyclic) bond motifs is 1. The SMILES string of the molecule is CCCC[C@H](C)C[C@H](O)C=C[C@@H]1[C@H]2CC(CCCCC(=O)N3CCOCC3)=C[C@H]2C[C@H]1O. The lowest BCUT2D eigenvalue weighted by molar-refractivity contribution is -0.135. The molecule has 2 aliphatic carbocycles. The van der Waals surface area contributed by atoms with Gasteiger partial charge < -0.3 is 19.8 Å². The first-order valence-electron chi connectivity index (χ1n) is 13.1. The van der Waals surface area contributed by atoms with Crippen LogP contribution in [0.25, 0.3) is 0 Å². The van der Waals surface area contributed by atoms with Gasteiger partial charge in [0.15, 0.2) is 0 Å². The largest absolute Gasteiger partial charge is 0.392 e. The fraction of sp³-hybridized carbons (Fsp3) is 0.815. The second-order valence-electron chi connectivity index (χ2n) is 10.4. The Bertz CT molecular complexity index is 640. The van der Waals surface area contributed by atoms with Crippen molar-refractivity contribution < 1.29 is 19.7 Å². The molecule has 1 aliphatic heterocycles. The van der Waals surface area contributed by atoms with Crippen molar-refractivity contribution in [3.63, 3.8) is 0 Å². The lowest BCUT2D eigenvalue weighted by atomic mass is 9.88. The van der Waals surface area contributed by atoms with E-state index in [1.165, 1.54) is 24.8 Å². The maximum Gasteiger partial charge on any atom is 0.222 e. The molecule has 1 amide bonds. The van der Waals surface area contributed by atoms with Gasteiger partial charge in [-0.15, -0.1) is 0 Å². The molecular formula is C27H45NO4. The van der Waals surface area contributed by atoms with Gasteiger partial charge >= 0.3 is 0 Å². The molecular weight excluding hydrogens is 402 g/mol. The van der Waals surface area contributed by atoms with Crippen LogP contribution in [0.5, 0.6) is 0 Å². The number of aliphatic hydroxyl groups excluding tert-OH is 2. The first kappa shape index (κ1) is 25.5. The van der Waals surface area contributed by atoms with Crippen LogP contribution in [0.3, 0.4) is 0 Å². The molecule has 1 heterocycles. The lowest BCUT2D eigenvalue weighted by Gasteiger charge is -2.26. The molecule has 2 fully saturated rings. The highest BCUT2D eigenvalue weighted by Crippen LogP contribution is 2.48. The van der Waals surface area contributed by atoms with Crippen molar-refractivity contribution in [2.24, 2.45) is 23.7 Å². The predicted octanol–water partition coefficient (Wildman–Crippen LogP) is 4.48. The van der Waals surface area contributed by atoms with E-state index in [2.05, 4.69) is 26.0 Å². The van der Waals surface area contributed by atoms with Crippen molar-refractivity contribution in [2.75, 3.05) is 26.3 Å². The van der Waals surface area contributed by atoms with Crippen molar-refractivity contribution in [1.82, 2.24) is 4.90 Å². The summed E-state index contributed by atoms with van der Waals surface area (Å²) in [5.41, 5.74) is 1.50. The van der Waals surface area contributed by atoms with Gasteiger partial charge in [-0.05, 0) is 56.3 Å². The van der Waals surface area contributed by atoms with E-state index in [0.29, 0.717) is 37.4 Å². The van der Waals surface area contributed by atoms with Gasteiger partial charge in [0, 0.05) is 25.4 Å². The van der Waals surface area contributed by atoms with E-state index < -0.39 is 6.10 Å². The maximum atomic E-state index is 12.3. The zero-order valence-corrected chi connectivity index (χ0v) is 20.3. The van der Waals surface area contributed by atoms with Crippen LogP contribution in [-0.2, 0) is 9.53 Å². The summed E-state index contributed by atoms with van der Waals surface area (Å²) < 4.78 is 5.32. The minimum atomic E-state index is -0.411. The summed E-state index contributed by atoms with van der Waals surface area (Å²) in [4.78, 5) is 14.2. The standard InChI is InChI=1S/C27H45NO4/c1-3-4-7-20(2)16-23(29)10-11-24-25-18-21(17-22(25)19-26(24)30)8-5-6-9-27(31)28-12-14-32-15-13-28/h10-11,17,20,22-26,29-30H,3-9,12-16,18-19H2,1-2H3/t20-,22-,23+,24+,25-,26+/m0/s1. The van der Waals surface area contributed by atoms with Gasteiger partial charge in [0.1, 0.15) is 0 Å². The molecule has 0 spiro atoms. The summed E-state index contributed by atoms with van der Waals surface area (Å²) in [5.74, 6) is 1.88. The third kappa shape index (κ3) is 7.43. The number of ether oxygens (including phenoxy) is 1. The summed E-state index contributed by atoms with van der Waals surface area (Å²) >= 11 is 0. The molecule has 0 unspecified atom stereocenters. The van der Waals surface area contributed by atoms with E-state index >= 15 is 0 Å². The molecule has 2 N–H and O–H groups in total. The molecule has 32 heavy (non-hydrogen) atoms. The molecule has 1 saturated carbocycles. The minimum absolute atomic E-state index is 0.150. The van der Waals surface area contributed by atoms with Crippen LogP contribution in [0.15, 0.2) is 23.8 Å². The van der Waals surface area contributed by atoms with Gasteiger partial charge in [0.2, 0.25) is 5.91 Å². The number of carbonyl (C=O) groups is 1. The molecule has 5 nitrogen and oxygen atoms in total. The number of aliphatic hydroxyl groups is 2. The Kier molecular flexibility index (Phi) is 10.3. The number of hydrogen-bond acceptors (Lipinski definition) is 4. The van der Waals surface area contributed by atoms with E-state index in [1.54, 1.807) is 0 Å². The Hall–Kier alpha value is -1.17. The average molecular weight is 448 g/mol. The number of allylic oxidation sites excluding steroid dienone is 2. The summed E-state index contributed by atoms with van der Waals surface area (Å²) in [6.07, 6.45) is 15.7. The van der Waals surface area contributed by atoms with Crippen LogP contribution in [0.4, 0.5) is 0 Å². The molecule has 3 rings (SSSR count). The number of amides is 1. The van der Waals surface area contributed by atoms with Gasteiger partial charge in [-0.1, -0.05) is 56.9 Å². The highest BCUT2D eigenvalue weighted by molar-refractivity contribution is 5.76. The summed E-state index contributed by atoms with van der Waals surface area (Å²) in [5, 5.41) is 21.0. The van der Waals surface area contributed by atoms with Gasteiger partial charge in [-0.25, -0.2) is 0 Å². The van der Waals surface area contributed by atoms with Crippen LogP contribution in [0.2, 0.25) is 0 Å². The van der Waals surface area contributed by atoms with Crippen molar-refractivity contribution in [3.8, 4) is 0 Å². The number of carbonyl (C=O) groups excluding carboxylic acids is 1. The monoisotopic (exact) mass is 447 g/mol. The van der Waals surface area contributed by atoms with E-state index in [-0.39, 0.29) is 17.9 Å². The highest BCUT2D eigenvalue weighted by Gasteiger charge is 2.43. The summed E-state index contributed by atoms with van der Waals surface area (Å²) in [7, 11) is 0. The van der Waals surface area contributed by atoms with Crippen LogP contribution in [0.1, 0.15) is 78.1 Å². The molecule has 3 aliphatic rings. The van der Waals surface area contributed by atoms with Crippen molar-refractivity contribution in [3.05, 3.63) is 23.8 Å². The third-order valence-electron chi connectivity index (χ3n) is 7.70. The first-order chi connectivity index (χ1) is 15.5. The van der Waals surface area contributed by atoms with Gasteiger partial charge in [-0.2, -0.15) is 0 Å². The van der Waals surface area contributed by atoms with Gasteiger partial charge in [-0.3, -0.25) is 4.79 Å². The number of hydrogen-bond donors (Lipinski definition) is 2. The van der Waals surface area contributed by atoms with Crippen LogP contribution >= 0.6 is 0 Å². The lowest BCUT2D eigenvalue weighted by Crippen LogP contribution is -2.40. The van der Waals surface area contributed by atoms with E-state index in [9.17, 15) is 15.0 Å². The van der Waals surface area contributed by atoms with Crippen LogP contribution < -0.4 is 0 Å². The molecule has 0 bridgehead atoms. The fourth-order valence-corrected chi connectivity index (χ4v) is 5.81. The van der Waals surface area contributed by atoms with Crippen LogP contribution in [0, 0.1) is 23.7 Å². The van der Waals surface area contributed by atoms with Crippen molar-refractivity contribution >= 4 is 5.91 Å². The van der Waals surface area contributed by atoms with E-state index in [4.69, 9.17) is 4.74 Å². The number of unbranched alkanes of at least 4 members (excludes halogenated alkanes) is 2. The molecule has 0 aromatic rings. The minimum Gasteiger partial charge on any atom is -0.392 e. The average Bonchev–Trinajstić information content (AvgIpc) is 3.30. The number of nitrogens with zero attached hydrogens (tertiary/aromatic N) is 1. The molecule has 0 aromatic carbocycles. The number of rotatable bonds is 12. The molecule has 6 atom stereocenters. The Labute approximate surface area is 194 Å². The third-order valence-corrected chi connectivity index (χ3v) is 7.70. The molecule has 0 aromatic heterocycles. The second kappa shape index (κ2) is 12.9. The quantitative estimate of drug-likeness (QED) is 0.342. The maximum absolute atomic E-state index is 12.3. The highest BCUT2D eigenvalue weighted by atomic mass is 16.5. The van der Waals surface area contributed by atoms with Crippen LogP contribution in [-0.4, -0.2) is 59.5 Å². The molecule has 0 radical (unpaired) electrons. The zero-order chi connectivity index (χ0) is 22.9. The smallest absolute Gasteiger partial charge is 0.222 e. The number of morpholine rings is 1. The van der Waals surface area contributed by atoms with Gasteiger partial charge in [0.25, 0.3) is 0 Å². The van der Waals surface area contributed by atoms with E-state index in [1.807, 2.05) is 11.0 Å². The Morgan fingerprint density at radius 2 is 2.06 bits per heavy atom. The Morgan fingerprint density at radius 1 is 1.28 bits per heavy atom. The topological polar surface area (TPSA) is 70.0 Å². The Balaban J connectivity index is 1.38. The normalized spacial score (nSPS) is 29.9. The molecule has 1 saturated heterocycles. The molecule has 5 heteroatoms. The van der Waals surface area contributed by atoms with Crippen molar-refractivity contribution in [2.45, 2.75) is 90.3 Å². The Morgan fingerprint density at radius 3 is 2.81 bits per heavy atom. The fourth-order valence-electron chi connectivity index (χ4n) is 5.81. The van der Waals surface area contributed by atoms with E-state index in [0.717, 1.165) is 51.6 Å².